The van der Waals surface area contributed by atoms with Crippen LogP contribution in [-0.4, -0.2) is 6.29 Å². The lowest BCUT2D eigenvalue weighted by Crippen LogP contribution is -1.97. The molecule has 1 aromatic rings. The Bertz CT molecular complexity index is 294. The second kappa shape index (κ2) is 3.76. The van der Waals surface area contributed by atoms with Gasteiger partial charge in [-0.3, -0.25) is 0 Å². The Balaban J connectivity index is 3.12. The summed E-state index contributed by atoms with van der Waals surface area (Å²) in [5, 5.41) is 0. The third kappa shape index (κ3) is 1.89. The molecule has 0 bridgehead atoms. The molecule has 1 unspecified atom stereocenters. The SMILES string of the molecule is Cc1ccc(S)cc1C(C)C=O. The summed E-state index contributed by atoms with van der Waals surface area (Å²) in [6.07, 6.45) is 0.954. The number of aldehydes is 1. The van der Waals surface area contributed by atoms with Crippen molar-refractivity contribution in [3.63, 3.8) is 0 Å². The van der Waals surface area contributed by atoms with E-state index in [9.17, 15) is 4.79 Å². The van der Waals surface area contributed by atoms with Crippen molar-refractivity contribution < 1.29 is 4.79 Å². The number of carbonyl (C=O) groups excluding carboxylic acids is 1. The van der Waals surface area contributed by atoms with Crippen molar-refractivity contribution in [2.24, 2.45) is 0 Å². The minimum Gasteiger partial charge on any atom is -0.303 e. The average Bonchev–Trinajstić information content (AvgIpc) is 2.08. The maximum Gasteiger partial charge on any atom is 0.127 e. The van der Waals surface area contributed by atoms with E-state index in [1.54, 1.807) is 0 Å². The number of rotatable bonds is 2. The van der Waals surface area contributed by atoms with Crippen LogP contribution in [0.2, 0.25) is 0 Å². The summed E-state index contributed by atoms with van der Waals surface area (Å²) in [6.45, 7) is 3.89. The van der Waals surface area contributed by atoms with E-state index in [4.69, 9.17) is 0 Å². The summed E-state index contributed by atoms with van der Waals surface area (Å²) in [6, 6.07) is 5.86. The van der Waals surface area contributed by atoms with Gasteiger partial charge in [0.05, 0.1) is 0 Å². The fraction of sp³-hybridized carbons (Fsp3) is 0.300. The molecule has 0 aromatic heterocycles. The Labute approximate surface area is 78.2 Å². The average molecular weight is 180 g/mol. The molecule has 1 atom stereocenters. The Morgan fingerprint density at radius 3 is 2.75 bits per heavy atom. The molecular formula is C10H12OS. The van der Waals surface area contributed by atoms with E-state index >= 15 is 0 Å². The number of hydrogen-bond donors (Lipinski definition) is 1. The van der Waals surface area contributed by atoms with Gasteiger partial charge in [0.2, 0.25) is 0 Å². The fourth-order valence-corrected chi connectivity index (χ4v) is 1.41. The standard InChI is InChI=1S/C10H12OS/c1-7-3-4-9(12)5-10(7)8(2)6-11/h3-6,8,12H,1-2H3. The lowest BCUT2D eigenvalue weighted by Gasteiger charge is -2.08. The lowest BCUT2D eigenvalue weighted by molar-refractivity contribution is -0.108. The van der Waals surface area contributed by atoms with E-state index in [0.717, 1.165) is 22.3 Å². The molecule has 0 amide bonds. The van der Waals surface area contributed by atoms with Crippen LogP contribution in [0.4, 0.5) is 0 Å². The van der Waals surface area contributed by atoms with Crippen LogP contribution in [0, 0.1) is 6.92 Å². The Morgan fingerprint density at radius 2 is 2.17 bits per heavy atom. The molecule has 0 saturated carbocycles. The highest BCUT2D eigenvalue weighted by atomic mass is 32.1. The molecule has 0 radical (unpaired) electrons. The van der Waals surface area contributed by atoms with Crippen LogP contribution >= 0.6 is 12.6 Å². The normalized spacial score (nSPS) is 12.6. The maximum atomic E-state index is 10.5. The van der Waals surface area contributed by atoms with Crippen LogP contribution in [0.3, 0.4) is 0 Å². The molecule has 0 fully saturated rings. The highest BCUT2D eigenvalue weighted by molar-refractivity contribution is 7.80. The first-order chi connectivity index (χ1) is 5.65. The van der Waals surface area contributed by atoms with Gasteiger partial charge in [0.1, 0.15) is 6.29 Å². The number of carbonyl (C=O) groups is 1. The summed E-state index contributed by atoms with van der Waals surface area (Å²) >= 11 is 4.22. The highest BCUT2D eigenvalue weighted by Crippen LogP contribution is 2.20. The first-order valence-corrected chi connectivity index (χ1v) is 4.34. The number of aryl methyl sites for hydroxylation is 1. The van der Waals surface area contributed by atoms with Crippen molar-refractivity contribution in [1.29, 1.82) is 0 Å². The minimum atomic E-state index is -0.0305. The molecule has 1 nitrogen and oxygen atoms in total. The molecule has 0 spiro atoms. The molecule has 1 aromatic carbocycles. The van der Waals surface area contributed by atoms with E-state index in [1.807, 2.05) is 32.0 Å². The second-order valence-corrected chi connectivity index (χ2v) is 3.48. The van der Waals surface area contributed by atoms with Gasteiger partial charge < -0.3 is 4.79 Å². The quantitative estimate of drug-likeness (QED) is 0.547. The van der Waals surface area contributed by atoms with Crippen molar-refractivity contribution in [1.82, 2.24) is 0 Å². The Hall–Kier alpha value is -0.760. The first-order valence-electron chi connectivity index (χ1n) is 3.90. The summed E-state index contributed by atoms with van der Waals surface area (Å²) < 4.78 is 0. The van der Waals surface area contributed by atoms with Gasteiger partial charge in [-0.05, 0) is 30.2 Å². The van der Waals surface area contributed by atoms with Crippen LogP contribution in [0.15, 0.2) is 23.1 Å². The molecular weight excluding hydrogens is 168 g/mol. The molecule has 0 aliphatic rings. The molecule has 0 saturated heterocycles. The molecule has 2 heteroatoms. The van der Waals surface area contributed by atoms with Crippen LogP contribution in [0.25, 0.3) is 0 Å². The Morgan fingerprint density at radius 1 is 1.50 bits per heavy atom. The zero-order valence-electron chi connectivity index (χ0n) is 7.24. The predicted molar refractivity (Wildman–Crippen MR) is 52.9 cm³/mol. The summed E-state index contributed by atoms with van der Waals surface area (Å²) in [4.78, 5) is 11.5. The van der Waals surface area contributed by atoms with Crippen molar-refractivity contribution >= 4 is 18.9 Å². The zero-order valence-corrected chi connectivity index (χ0v) is 8.14. The number of hydrogen-bond acceptors (Lipinski definition) is 2. The highest BCUT2D eigenvalue weighted by Gasteiger charge is 2.06. The molecule has 12 heavy (non-hydrogen) atoms. The molecule has 0 N–H and O–H groups in total. The van der Waals surface area contributed by atoms with Gasteiger partial charge in [-0.1, -0.05) is 13.0 Å². The minimum absolute atomic E-state index is 0.0305. The van der Waals surface area contributed by atoms with E-state index in [-0.39, 0.29) is 5.92 Å². The van der Waals surface area contributed by atoms with E-state index in [0.29, 0.717) is 0 Å². The van der Waals surface area contributed by atoms with Gasteiger partial charge in [0, 0.05) is 10.8 Å². The molecule has 0 aliphatic heterocycles. The summed E-state index contributed by atoms with van der Waals surface area (Å²) in [5.41, 5.74) is 2.21. The van der Waals surface area contributed by atoms with Gasteiger partial charge in [-0.15, -0.1) is 12.6 Å². The van der Waals surface area contributed by atoms with Crippen molar-refractivity contribution in [2.75, 3.05) is 0 Å². The van der Waals surface area contributed by atoms with Crippen LogP contribution < -0.4 is 0 Å². The lowest BCUT2D eigenvalue weighted by atomic mass is 9.98. The summed E-state index contributed by atoms with van der Waals surface area (Å²) in [7, 11) is 0. The Kier molecular flexibility index (Phi) is 2.93. The van der Waals surface area contributed by atoms with Crippen LogP contribution in [0.1, 0.15) is 24.0 Å². The molecule has 1 rings (SSSR count). The smallest absolute Gasteiger partial charge is 0.127 e. The largest absolute Gasteiger partial charge is 0.303 e. The van der Waals surface area contributed by atoms with E-state index in [1.165, 1.54) is 0 Å². The van der Waals surface area contributed by atoms with Gasteiger partial charge >= 0.3 is 0 Å². The first kappa shape index (κ1) is 9.33. The number of thiol groups is 1. The second-order valence-electron chi connectivity index (χ2n) is 2.97. The van der Waals surface area contributed by atoms with Gasteiger partial charge in [0.15, 0.2) is 0 Å². The van der Waals surface area contributed by atoms with Crippen LogP contribution in [0.5, 0.6) is 0 Å². The number of benzene rings is 1. The third-order valence-electron chi connectivity index (χ3n) is 1.96. The molecule has 0 aliphatic carbocycles. The third-order valence-corrected chi connectivity index (χ3v) is 2.24. The van der Waals surface area contributed by atoms with Gasteiger partial charge in [0.25, 0.3) is 0 Å². The monoisotopic (exact) mass is 180 g/mol. The van der Waals surface area contributed by atoms with Gasteiger partial charge in [-0.25, -0.2) is 0 Å². The van der Waals surface area contributed by atoms with Crippen molar-refractivity contribution in [3.05, 3.63) is 29.3 Å². The topological polar surface area (TPSA) is 17.1 Å². The predicted octanol–water partition coefficient (Wildman–Crippen LogP) is 2.59. The van der Waals surface area contributed by atoms with Crippen molar-refractivity contribution in [2.45, 2.75) is 24.7 Å². The van der Waals surface area contributed by atoms with Crippen LogP contribution in [-0.2, 0) is 4.79 Å². The summed E-state index contributed by atoms with van der Waals surface area (Å²) in [5.74, 6) is -0.0305. The fourth-order valence-electron chi connectivity index (χ4n) is 1.19. The molecule has 0 heterocycles. The van der Waals surface area contributed by atoms with Gasteiger partial charge in [-0.2, -0.15) is 0 Å². The van der Waals surface area contributed by atoms with E-state index in [2.05, 4.69) is 12.6 Å². The van der Waals surface area contributed by atoms with Crippen molar-refractivity contribution in [3.8, 4) is 0 Å². The van der Waals surface area contributed by atoms with E-state index < -0.39 is 0 Å². The maximum absolute atomic E-state index is 10.5. The molecule has 64 valence electrons. The zero-order chi connectivity index (χ0) is 9.14.